The number of alkyl halides is 3. The molecule has 6 nitrogen and oxygen atoms in total. The van der Waals surface area contributed by atoms with Gasteiger partial charge in [0.05, 0.1) is 12.3 Å². The van der Waals surface area contributed by atoms with E-state index in [1.807, 2.05) is 42.5 Å². The minimum absolute atomic E-state index is 0.0223. The Morgan fingerprint density at radius 2 is 1.83 bits per heavy atom. The molecule has 3 aromatic rings. The zero-order valence-electron chi connectivity index (χ0n) is 15.7. The van der Waals surface area contributed by atoms with Gasteiger partial charge in [-0.05, 0) is 17.7 Å². The number of pyridine rings is 1. The summed E-state index contributed by atoms with van der Waals surface area (Å²) in [6.07, 6.45) is -2.11. The lowest BCUT2D eigenvalue weighted by molar-refractivity contribution is -0.137. The lowest BCUT2D eigenvalue weighted by Gasteiger charge is -2.21. The fraction of sp³-hybridized carbons (Fsp3) is 0.250. The van der Waals surface area contributed by atoms with Crippen molar-refractivity contribution in [1.82, 2.24) is 15.0 Å². The van der Waals surface area contributed by atoms with Crippen molar-refractivity contribution in [2.75, 3.05) is 30.4 Å². The van der Waals surface area contributed by atoms with Crippen LogP contribution in [0.3, 0.4) is 0 Å². The summed E-state index contributed by atoms with van der Waals surface area (Å²) in [5.41, 5.74) is 1.79. The molecular weight excluding hydrogens is 383 g/mol. The number of hydrogen-bond acceptors (Lipinski definition) is 6. The van der Waals surface area contributed by atoms with E-state index in [4.69, 9.17) is 5.11 Å². The molecule has 0 bridgehead atoms. The van der Waals surface area contributed by atoms with Crippen molar-refractivity contribution in [2.45, 2.75) is 12.7 Å². The van der Waals surface area contributed by atoms with Crippen LogP contribution in [-0.2, 0) is 12.7 Å². The first-order chi connectivity index (χ1) is 13.9. The molecule has 2 heterocycles. The van der Waals surface area contributed by atoms with Gasteiger partial charge in [-0.3, -0.25) is 4.98 Å². The van der Waals surface area contributed by atoms with Gasteiger partial charge in [-0.15, -0.1) is 0 Å². The second-order valence-corrected chi connectivity index (χ2v) is 6.34. The number of aliphatic hydroxyl groups is 1. The third-order valence-electron chi connectivity index (χ3n) is 4.24. The summed E-state index contributed by atoms with van der Waals surface area (Å²) >= 11 is 0. The van der Waals surface area contributed by atoms with E-state index in [1.54, 1.807) is 6.20 Å². The van der Waals surface area contributed by atoms with Crippen LogP contribution in [0, 0.1) is 0 Å². The highest BCUT2D eigenvalue weighted by Gasteiger charge is 2.36. The standard InChI is InChI=1S/C20H20F3N5O/c1-28(10-11-29)18-16(20(21,22)23)13-26-19(27-18)25-12-14-5-7-15(8-6-14)17-4-2-3-9-24-17/h2-9,13,29H,10-12H2,1H3,(H,25,26,27). The predicted molar refractivity (Wildman–Crippen MR) is 104 cm³/mol. The molecule has 0 fully saturated rings. The van der Waals surface area contributed by atoms with Gasteiger partial charge in [0.25, 0.3) is 0 Å². The lowest BCUT2D eigenvalue weighted by atomic mass is 10.1. The molecule has 0 aliphatic heterocycles. The number of benzene rings is 1. The molecule has 1 aromatic carbocycles. The first-order valence-corrected chi connectivity index (χ1v) is 8.89. The monoisotopic (exact) mass is 403 g/mol. The predicted octanol–water partition coefficient (Wildman–Crippen LogP) is 3.60. The topological polar surface area (TPSA) is 74.2 Å². The summed E-state index contributed by atoms with van der Waals surface area (Å²) in [4.78, 5) is 13.3. The average Bonchev–Trinajstić information content (AvgIpc) is 2.72. The maximum atomic E-state index is 13.2. The second-order valence-electron chi connectivity index (χ2n) is 6.34. The minimum Gasteiger partial charge on any atom is -0.395 e. The largest absolute Gasteiger partial charge is 0.421 e. The van der Waals surface area contributed by atoms with Crippen LogP contribution in [0.25, 0.3) is 11.3 Å². The maximum Gasteiger partial charge on any atom is 0.421 e. The van der Waals surface area contributed by atoms with E-state index in [-0.39, 0.29) is 24.9 Å². The number of hydrogen-bond donors (Lipinski definition) is 2. The van der Waals surface area contributed by atoms with Gasteiger partial charge in [0.15, 0.2) is 0 Å². The van der Waals surface area contributed by atoms with Crippen LogP contribution in [0.4, 0.5) is 24.9 Å². The van der Waals surface area contributed by atoms with Crippen molar-refractivity contribution >= 4 is 11.8 Å². The molecule has 0 aliphatic carbocycles. The van der Waals surface area contributed by atoms with Gasteiger partial charge in [0, 0.05) is 38.1 Å². The minimum atomic E-state index is -4.58. The van der Waals surface area contributed by atoms with Gasteiger partial charge in [-0.2, -0.15) is 18.2 Å². The summed E-state index contributed by atoms with van der Waals surface area (Å²) in [6, 6.07) is 13.3. The number of nitrogens with zero attached hydrogens (tertiary/aromatic N) is 4. The summed E-state index contributed by atoms with van der Waals surface area (Å²) in [5.74, 6) is -0.207. The Hall–Kier alpha value is -3.20. The summed E-state index contributed by atoms with van der Waals surface area (Å²) in [6.45, 7) is 0.0781. The van der Waals surface area contributed by atoms with Gasteiger partial charge in [-0.1, -0.05) is 30.3 Å². The SMILES string of the molecule is CN(CCO)c1nc(NCc2ccc(-c3ccccn3)cc2)ncc1C(F)(F)F. The zero-order valence-corrected chi connectivity index (χ0v) is 15.7. The number of likely N-dealkylation sites (N-methyl/N-ethyl adjacent to an activating group) is 1. The Morgan fingerprint density at radius 1 is 1.07 bits per heavy atom. The lowest BCUT2D eigenvalue weighted by Crippen LogP contribution is -2.26. The van der Waals surface area contributed by atoms with E-state index >= 15 is 0 Å². The average molecular weight is 403 g/mol. The number of nitrogens with one attached hydrogen (secondary N) is 1. The molecule has 0 atom stereocenters. The molecule has 2 N–H and O–H groups in total. The van der Waals surface area contributed by atoms with Crippen molar-refractivity contribution in [1.29, 1.82) is 0 Å². The Bertz CT molecular complexity index is 933. The number of aromatic nitrogens is 3. The molecule has 0 radical (unpaired) electrons. The van der Waals surface area contributed by atoms with Gasteiger partial charge >= 0.3 is 6.18 Å². The van der Waals surface area contributed by atoms with Crippen LogP contribution in [0.1, 0.15) is 11.1 Å². The molecule has 29 heavy (non-hydrogen) atoms. The van der Waals surface area contributed by atoms with Crippen LogP contribution in [-0.4, -0.2) is 40.3 Å². The first kappa shape index (κ1) is 20.5. The van der Waals surface area contributed by atoms with E-state index in [9.17, 15) is 13.2 Å². The summed E-state index contributed by atoms with van der Waals surface area (Å²) in [5, 5.41) is 12.0. The number of halogens is 3. The fourth-order valence-corrected chi connectivity index (χ4v) is 2.71. The van der Waals surface area contributed by atoms with Gasteiger partial charge in [0.1, 0.15) is 11.4 Å². The first-order valence-electron chi connectivity index (χ1n) is 8.89. The van der Waals surface area contributed by atoms with Crippen molar-refractivity contribution in [3.05, 3.63) is 66.0 Å². The van der Waals surface area contributed by atoms with E-state index in [0.717, 1.165) is 23.0 Å². The van der Waals surface area contributed by atoms with Crippen LogP contribution in [0.15, 0.2) is 54.9 Å². The molecule has 0 aliphatic rings. The molecule has 2 aromatic heterocycles. The van der Waals surface area contributed by atoms with Crippen molar-refractivity contribution in [2.24, 2.45) is 0 Å². The Kier molecular flexibility index (Phi) is 6.28. The number of rotatable bonds is 7. The molecule has 0 saturated carbocycles. The van der Waals surface area contributed by atoms with E-state index in [1.165, 1.54) is 11.9 Å². The van der Waals surface area contributed by atoms with Crippen molar-refractivity contribution in [3.63, 3.8) is 0 Å². The highest BCUT2D eigenvalue weighted by molar-refractivity contribution is 5.59. The zero-order chi connectivity index (χ0) is 20.9. The summed E-state index contributed by atoms with van der Waals surface area (Å²) < 4.78 is 39.6. The number of anilines is 2. The fourth-order valence-electron chi connectivity index (χ4n) is 2.71. The Labute approximate surface area is 166 Å². The summed E-state index contributed by atoms with van der Waals surface area (Å²) in [7, 11) is 1.44. The van der Waals surface area contributed by atoms with Gasteiger partial charge in [-0.25, -0.2) is 4.98 Å². The van der Waals surface area contributed by atoms with E-state index < -0.39 is 11.7 Å². The highest BCUT2D eigenvalue weighted by atomic mass is 19.4. The maximum absolute atomic E-state index is 13.2. The third kappa shape index (κ3) is 5.20. The molecule has 152 valence electrons. The number of aliphatic hydroxyl groups excluding tert-OH is 1. The smallest absolute Gasteiger partial charge is 0.395 e. The molecule has 0 unspecified atom stereocenters. The van der Waals surface area contributed by atoms with Crippen LogP contribution in [0.2, 0.25) is 0 Å². The van der Waals surface area contributed by atoms with E-state index in [0.29, 0.717) is 6.54 Å². The highest BCUT2D eigenvalue weighted by Crippen LogP contribution is 2.35. The van der Waals surface area contributed by atoms with Gasteiger partial charge < -0.3 is 15.3 Å². The van der Waals surface area contributed by atoms with Crippen molar-refractivity contribution in [3.8, 4) is 11.3 Å². The van der Waals surface area contributed by atoms with Crippen LogP contribution in [0.5, 0.6) is 0 Å². The molecule has 0 saturated heterocycles. The molecule has 0 spiro atoms. The molecule has 0 amide bonds. The Morgan fingerprint density at radius 3 is 2.45 bits per heavy atom. The normalized spacial score (nSPS) is 11.3. The van der Waals surface area contributed by atoms with E-state index in [2.05, 4.69) is 20.3 Å². The second kappa shape index (κ2) is 8.87. The molecule has 3 rings (SSSR count). The van der Waals surface area contributed by atoms with Crippen LogP contribution >= 0.6 is 0 Å². The van der Waals surface area contributed by atoms with Gasteiger partial charge in [0.2, 0.25) is 5.95 Å². The van der Waals surface area contributed by atoms with Crippen LogP contribution < -0.4 is 10.2 Å². The quantitative estimate of drug-likeness (QED) is 0.628. The third-order valence-corrected chi connectivity index (χ3v) is 4.24. The molecular formula is C20H20F3N5O. The molecule has 9 heteroatoms. The van der Waals surface area contributed by atoms with Crippen molar-refractivity contribution < 1.29 is 18.3 Å². The Balaban J connectivity index is 1.74.